The highest BCUT2D eigenvalue weighted by molar-refractivity contribution is 6.32. The topological polar surface area (TPSA) is 109 Å². The maximum absolute atomic E-state index is 12.3. The fraction of sp³-hybridized carbons (Fsp3) is 0.579. The first kappa shape index (κ1) is 22.3. The van der Waals surface area contributed by atoms with Crippen LogP contribution in [0.15, 0.2) is 6.20 Å². The lowest BCUT2D eigenvalue weighted by Crippen LogP contribution is -2.35. The van der Waals surface area contributed by atoms with Gasteiger partial charge in [0.2, 0.25) is 0 Å². The van der Waals surface area contributed by atoms with Crippen LogP contribution < -0.4 is 15.4 Å². The lowest BCUT2D eigenvalue weighted by Gasteiger charge is -2.24. The van der Waals surface area contributed by atoms with E-state index < -0.39 is 5.60 Å². The van der Waals surface area contributed by atoms with Crippen molar-refractivity contribution in [2.75, 3.05) is 52.0 Å². The average molecular weight is 406 g/mol. The highest BCUT2D eigenvalue weighted by Gasteiger charge is 2.31. The lowest BCUT2D eigenvalue weighted by molar-refractivity contribution is -0.110. The Morgan fingerprint density at radius 1 is 1.24 bits per heavy atom. The van der Waals surface area contributed by atoms with Crippen LogP contribution in [0, 0.1) is 0 Å². The number of carbonyl (C=O) groups excluding carboxylic acids is 2. The Labute approximate surface area is 171 Å². The summed E-state index contributed by atoms with van der Waals surface area (Å²) in [6.45, 7) is 6.53. The molecule has 0 bridgehead atoms. The smallest absolute Gasteiger partial charge is 0.410 e. The molecule has 1 aromatic heterocycles. The molecule has 160 valence electrons. The predicted molar refractivity (Wildman–Crippen MR) is 111 cm³/mol. The van der Waals surface area contributed by atoms with Crippen LogP contribution in [0.1, 0.15) is 32.8 Å². The van der Waals surface area contributed by atoms with Crippen LogP contribution in [0.4, 0.5) is 16.4 Å². The summed E-state index contributed by atoms with van der Waals surface area (Å²) >= 11 is 0. The number of aromatic nitrogens is 2. The zero-order chi connectivity index (χ0) is 21.8. The van der Waals surface area contributed by atoms with E-state index in [0.29, 0.717) is 42.3 Å². The minimum atomic E-state index is -0.531. The van der Waals surface area contributed by atoms with E-state index in [1.807, 2.05) is 34.9 Å². The summed E-state index contributed by atoms with van der Waals surface area (Å²) in [5, 5.41) is 5.96. The molecule has 2 rings (SSSR count). The summed E-state index contributed by atoms with van der Waals surface area (Å²) in [4.78, 5) is 36.2. The molecule has 0 aliphatic carbocycles. The van der Waals surface area contributed by atoms with Crippen molar-refractivity contribution in [1.29, 1.82) is 0 Å². The SMILES string of the molecule is COc1nc(NCCCN(C)C(=O)OC(C)(C)C)c2c(n1)NC(=O)C2=CN(C)C. The van der Waals surface area contributed by atoms with E-state index in [1.54, 1.807) is 18.1 Å². The first-order valence-electron chi connectivity index (χ1n) is 9.36. The Bertz CT molecular complexity index is 801. The lowest BCUT2D eigenvalue weighted by atomic mass is 10.1. The number of hydrogen-bond acceptors (Lipinski definition) is 8. The van der Waals surface area contributed by atoms with Crippen molar-refractivity contribution in [1.82, 2.24) is 19.8 Å². The summed E-state index contributed by atoms with van der Waals surface area (Å²) in [6.07, 6.45) is 2.01. The summed E-state index contributed by atoms with van der Waals surface area (Å²) in [6, 6.07) is 0.156. The molecule has 0 saturated heterocycles. The van der Waals surface area contributed by atoms with E-state index >= 15 is 0 Å². The van der Waals surface area contributed by atoms with Crippen LogP contribution in [0.5, 0.6) is 6.01 Å². The van der Waals surface area contributed by atoms with Crippen molar-refractivity contribution < 1.29 is 19.1 Å². The van der Waals surface area contributed by atoms with E-state index in [2.05, 4.69) is 20.6 Å². The third-order valence-corrected chi connectivity index (χ3v) is 3.87. The van der Waals surface area contributed by atoms with Gasteiger partial charge in [-0.1, -0.05) is 0 Å². The molecule has 2 amide bonds. The van der Waals surface area contributed by atoms with Gasteiger partial charge in [-0.05, 0) is 27.2 Å². The highest BCUT2D eigenvalue weighted by Crippen LogP contribution is 2.36. The van der Waals surface area contributed by atoms with Gasteiger partial charge in [-0.25, -0.2) is 4.79 Å². The largest absolute Gasteiger partial charge is 0.467 e. The summed E-state index contributed by atoms with van der Waals surface area (Å²) in [5.41, 5.74) is 0.544. The van der Waals surface area contributed by atoms with Crippen LogP contribution in [-0.4, -0.2) is 78.7 Å². The Morgan fingerprint density at radius 3 is 2.52 bits per heavy atom. The molecule has 0 aromatic carbocycles. The van der Waals surface area contributed by atoms with Crippen LogP contribution in [0.25, 0.3) is 5.57 Å². The van der Waals surface area contributed by atoms with Crippen molar-refractivity contribution in [3.05, 3.63) is 11.8 Å². The van der Waals surface area contributed by atoms with Crippen molar-refractivity contribution in [3.8, 4) is 6.01 Å². The number of nitrogens with one attached hydrogen (secondary N) is 2. The molecule has 10 nitrogen and oxygen atoms in total. The molecular formula is C19H30N6O4. The number of hydrogen-bond donors (Lipinski definition) is 2. The first-order valence-corrected chi connectivity index (χ1v) is 9.36. The van der Waals surface area contributed by atoms with Crippen LogP contribution in [0.3, 0.4) is 0 Å². The van der Waals surface area contributed by atoms with E-state index in [4.69, 9.17) is 9.47 Å². The normalized spacial score (nSPS) is 14.3. The van der Waals surface area contributed by atoms with Crippen molar-refractivity contribution in [2.45, 2.75) is 32.8 Å². The van der Waals surface area contributed by atoms with E-state index in [-0.39, 0.29) is 18.0 Å². The third kappa shape index (κ3) is 5.97. The minimum Gasteiger partial charge on any atom is -0.467 e. The number of fused-ring (bicyclic) bond motifs is 1. The van der Waals surface area contributed by atoms with Crippen LogP contribution in [0.2, 0.25) is 0 Å². The minimum absolute atomic E-state index is 0.156. The summed E-state index contributed by atoms with van der Waals surface area (Å²) in [7, 11) is 6.83. The van der Waals surface area contributed by atoms with Gasteiger partial charge in [0.25, 0.3) is 5.91 Å². The maximum atomic E-state index is 12.3. The number of ether oxygens (including phenoxy) is 2. The van der Waals surface area contributed by atoms with Crippen molar-refractivity contribution >= 4 is 29.2 Å². The standard InChI is InChI=1S/C19H30N6O4/c1-19(2,3)29-18(27)25(6)10-8-9-20-14-13-12(11-24(4)5)16(26)21-15(13)23-17(22-14)28-7/h11H,8-10H2,1-7H3,(H2,20,21,22,23,26). The zero-order valence-electron chi connectivity index (χ0n) is 18.1. The molecule has 2 heterocycles. The number of rotatable bonds is 7. The van der Waals surface area contributed by atoms with Crippen molar-refractivity contribution in [2.24, 2.45) is 0 Å². The molecular weight excluding hydrogens is 376 g/mol. The molecule has 0 radical (unpaired) electrons. The molecule has 1 aliphatic rings. The van der Waals surface area contributed by atoms with E-state index in [0.717, 1.165) is 0 Å². The third-order valence-electron chi connectivity index (χ3n) is 3.87. The van der Waals surface area contributed by atoms with Gasteiger partial charge in [0.1, 0.15) is 11.4 Å². The van der Waals surface area contributed by atoms with Gasteiger partial charge >= 0.3 is 12.1 Å². The van der Waals surface area contributed by atoms with Crippen LogP contribution in [-0.2, 0) is 9.53 Å². The van der Waals surface area contributed by atoms with Gasteiger partial charge in [0.15, 0.2) is 5.82 Å². The molecule has 2 N–H and O–H groups in total. The maximum Gasteiger partial charge on any atom is 0.410 e. The fourth-order valence-corrected chi connectivity index (χ4v) is 2.63. The Balaban J connectivity index is 2.07. The predicted octanol–water partition coefficient (Wildman–Crippen LogP) is 2.01. The molecule has 0 saturated carbocycles. The molecule has 0 fully saturated rings. The second-order valence-electron chi connectivity index (χ2n) is 7.93. The van der Waals surface area contributed by atoms with Gasteiger partial charge in [-0.15, -0.1) is 0 Å². The molecule has 0 spiro atoms. The fourth-order valence-electron chi connectivity index (χ4n) is 2.63. The van der Waals surface area contributed by atoms with E-state index in [1.165, 1.54) is 12.0 Å². The van der Waals surface area contributed by atoms with Crippen LogP contribution >= 0.6 is 0 Å². The highest BCUT2D eigenvalue weighted by atomic mass is 16.6. The van der Waals surface area contributed by atoms with Gasteiger partial charge in [-0.2, -0.15) is 9.97 Å². The molecule has 1 aliphatic heterocycles. The molecule has 0 atom stereocenters. The van der Waals surface area contributed by atoms with Gasteiger partial charge in [0, 0.05) is 40.4 Å². The van der Waals surface area contributed by atoms with Gasteiger partial charge in [-0.3, -0.25) is 4.79 Å². The summed E-state index contributed by atoms with van der Waals surface area (Å²) in [5.74, 6) is 0.658. The molecule has 29 heavy (non-hydrogen) atoms. The summed E-state index contributed by atoms with van der Waals surface area (Å²) < 4.78 is 10.5. The molecule has 0 unspecified atom stereocenters. The number of methoxy groups -OCH3 is 1. The first-order chi connectivity index (χ1) is 13.5. The number of carbonyl (C=O) groups is 2. The second-order valence-corrected chi connectivity index (χ2v) is 7.93. The molecule has 10 heteroatoms. The van der Waals surface area contributed by atoms with Gasteiger partial charge in [0.05, 0.1) is 18.2 Å². The number of nitrogens with zero attached hydrogens (tertiary/aromatic N) is 4. The number of amides is 2. The zero-order valence-corrected chi connectivity index (χ0v) is 18.1. The Hall–Kier alpha value is -3.04. The van der Waals surface area contributed by atoms with E-state index in [9.17, 15) is 9.59 Å². The number of anilines is 2. The average Bonchev–Trinajstić information content (AvgIpc) is 2.91. The van der Waals surface area contributed by atoms with Crippen molar-refractivity contribution in [3.63, 3.8) is 0 Å². The Kier molecular flexibility index (Phi) is 6.89. The second kappa shape index (κ2) is 8.97. The Morgan fingerprint density at radius 2 is 1.93 bits per heavy atom. The quantitative estimate of drug-likeness (QED) is 0.523. The molecule has 1 aromatic rings. The monoisotopic (exact) mass is 406 g/mol. The van der Waals surface area contributed by atoms with Gasteiger partial charge < -0.3 is 29.9 Å².